The first-order chi connectivity index (χ1) is 13.9. The van der Waals surface area contributed by atoms with E-state index >= 15 is 0 Å². The molecule has 4 rings (SSSR count). The van der Waals surface area contributed by atoms with Crippen LogP contribution >= 0.6 is 0 Å². The van der Waals surface area contributed by atoms with Crippen molar-refractivity contribution in [3.05, 3.63) is 58.6 Å². The highest BCUT2D eigenvalue weighted by Gasteiger charge is 2.51. The minimum atomic E-state index is -0.709. The molecule has 2 aromatic heterocycles. The molecule has 3 heterocycles. The fourth-order valence-electron chi connectivity index (χ4n) is 4.00. The summed E-state index contributed by atoms with van der Waals surface area (Å²) < 4.78 is 5.25. The van der Waals surface area contributed by atoms with E-state index in [0.29, 0.717) is 18.7 Å². The van der Waals surface area contributed by atoms with Crippen LogP contribution in [0.25, 0.3) is 6.08 Å². The molecule has 150 valence electrons. The summed E-state index contributed by atoms with van der Waals surface area (Å²) in [6.45, 7) is 4.36. The summed E-state index contributed by atoms with van der Waals surface area (Å²) in [5, 5.41) is 5.99. The van der Waals surface area contributed by atoms with Crippen molar-refractivity contribution >= 4 is 23.8 Å². The number of ether oxygens (including phenoxy) is 1. The second-order valence-corrected chi connectivity index (χ2v) is 7.81. The van der Waals surface area contributed by atoms with E-state index in [-0.39, 0.29) is 17.7 Å². The van der Waals surface area contributed by atoms with E-state index in [1.807, 2.05) is 25.3 Å². The van der Waals surface area contributed by atoms with E-state index < -0.39 is 11.4 Å². The van der Waals surface area contributed by atoms with E-state index in [1.54, 1.807) is 32.3 Å². The molecule has 0 saturated heterocycles. The summed E-state index contributed by atoms with van der Waals surface area (Å²) >= 11 is 0. The van der Waals surface area contributed by atoms with Gasteiger partial charge >= 0.3 is 5.97 Å². The van der Waals surface area contributed by atoms with Crippen LogP contribution < -0.4 is 10.6 Å². The molecule has 0 radical (unpaired) electrons. The van der Waals surface area contributed by atoms with Gasteiger partial charge in [-0.1, -0.05) is 12.2 Å². The third-order valence-electron chi connectivity index (χ3n) is 5.34. The van der Waals surface area contributed by atoms with Gasteiger partial charge in [-0.25, -0.2) is 14.8 Å². The molecule has 7 heteroatoms. The highest BCUT2D eigenvalue weighted by Crippen LogP contribution is 2.46. The number of carbonyl (C=O) groups excluding carboxylic acids is 2. The van der Waals surface area contributed by atoms with E-state index in [9.17, 15) is 9.59 Å². The molecule has 1 atom stereocenters. The number of likely N-dealkylation sites (N-methyl/N-ethyl adjacent to an activating group) is 1. The number of anilines is 1. The fourth-order valence-corrected chi connectivity index (χ4v) is 4.00. The van der Waals surface area contributed by atoms with Gasteiger partial charge in [0.25, 0.3) is 0 Å². The second-order valence-electron chi connectivity index (χ2n) is 7.81. The van der Waals surface area contributed by atoms with Crippen LogP contribution in [0.3, 0.4) is 0 Å². The van der Waals surface area contributed by atoms with Crippen LogP contribution in [-0.4, -0.2) is 41.5 Å². The Morgan fingerprint density at radius 1 is 1.28 bits per heavy atom. The number of carbonyl (C=O) groups is 2. The number of pyridine rings is 2. The van der Waals surface area contributed by atoms with Gasteiger partial charge in [0, 0.05) is 24.5 Å². The van der Waals surface area contributed by atoms with E-state index in [2.05, 4.69) is 20.6 Å². The van der Waals surface area contributed by atoms with Crippen LogP contribution in [0.15, 0.2) is 30.6 Å². The molecule has 29 heavy (non-hydrogen) atoms. The third-order valence-corrected chi connectivity index (χ3v) is 5.34. The molecule has 2 aromatic rings. The highest BCUT2D eigenvalue weighted by atomic mass is 16.5. The summed E-state index contributed by atoms with van der Waals surface area (Å²) in [7, 11) is 1.89. The molecule has 1 aliphatic heterocycles. The summed E-state index contributed by atoms with van der Waals surface area (Å²) in [5.74, 6) is 0.110. The fraction of sp³-hybridized carbons (Fsp3) is 0.364. The summed E-state index contributed by atoms with van der Waals surface area (Å²) in [5.41, 5.74) is 3.34. The molecule has 1 amide bonds. The molecule has 0 aromatic carbocycles. The molecule has 0 fully saturated rings. The van der Waals surface area contributed by atoms with Crippen molar-refractivity contribution in [1.82, 2.24) is 15.3 Å². The molecule has 7 nitrogen and oxygen atoms in total. The Kier molecular flexibility index (Phi) is 4.92. The lowest BCUT2D eigenvalue weighted by Crippen LogP contribution is -2.35. The summed E-state index contributed by atoms with van der Waals surface area (Å²) in [6, 6.07) is 3.78. The second kappa shape index (κ2) is 7.40. The first-order valence-corrected chi connectivity index (χ1v) is 9.75. The van der Waals surface area contributed by atoms with Crippen molar-refractivity contribution in [3.63, 3.8) is 0 Å². The molecule has 1 aliphatic carbocycles. The van der Waals surface area contributed by atoms with Crippen molar-refractivity contribution < 1.29 is 14.3 Å². The van der Waals surface area contributed by atoms with Crippen LogP contribution in [0.2, 0.25) is 0 Å². The number of hydrogen-bond acceptors (Lipinski definition) is 6. The van der Waals surface area contributed by atoms with Crippen molar-refractivity contribution in [2.24, 2.45) is 0 Å². The van der Waals surface area contributed by atoms with Gasteiger partial charge in [-0.2, -0.15) is 0 Å². The van der Waals surface area contributed by atoms with E-state index in [4.69, 9.17) is 4.74 Å². The summed E-state index contributed by atoms with van der Waals surface area (Å²) in [4.78, 5) is 33.9. The number of nitrogens with one attached hydrogen (secondary N) is 2. The van der Waals surface area contributed by atoms with Crippen LogP contribution in [-0.2, 0) is 27.8 Å². The maximum Gasteiger partial charge on any atom is 0.357 e. The molecule has 0 bridgehead atoms. The Balaban J connectivity index is 1.66. The first-order valence-electron chi connectivity index (χ1n) is 9.75. The Labute approximate surface area is 169 Å². The van der Waals surface area contributed by atoms with Gasteiger partial charge in [0.05, 0.1) is 11.5 Å². The monoisotopic (exact) mass is 392 g/mol. The highest BCUT2D eigenvalue weighted by molar-refractivity contribution is 6.06. The topological polar surface area (TPSA) is 93.2 Å². The van der Waals surface area contributed by atoms with Crippen molar-refractivity contribution in [1.29, 1.82) is 0 Å². The quantitative estimate of drug-likeness (QED) is 0.759. The molecule has 0 saturated carbocycles. The zero-order chi connectivity index (χ0) is 20.6. The van der Waals surface area contributed by atoms with Gasteiger partial charge < -0.3 is 15.4 Å². The largest absolute Gasteiger partial charge is 0.458 e. The number of aromatic nitrogens is 2. The lowest BCUT2D eigenvalue weighted by Gasteiger charge is -2.20. The van der Waals surface area contributed by atoms with E-state index in [1.165, 1.54) is 0 Å². The first kappa shape index (κ1) is 19.3. The molecular weight excluding hydrogens is 368 g/mol. The number of rotatable bonds is 5. The molecule has 1 unspecified atom stereocenters. The Morgan fingerprint density at radius 3 is 2.83 bits per heavy atom. The lowest BCUT2D eigenvalue weighted by molar-refractivity contribution is -0.120. The van der Waals surface area contributed by atoms with Crippen LogP contribution in [0.1, 0.15) is 46.6 Å². The van der Waals surface area contributed by atoms with Crippen LogP contribution in [0.4, 0.5) is 5.82 Å². The predicted octanol–water partition coefficient (Wildman–Crippen LogP) is 2.26. The Morgan fingerprint density at radius 2 is 2.07 bits per heavy atom. The molecule has 2 N–H and O–H groups in total. The average Bonchev–Trinajstić information content (AvgIpc) is 3.19. The molecule has 2 aliphatic rings. The van der Waals surface area contributed by atoms with Crippen molar-refractivity contribution in [3.8, 4) is 0 Å². The Bertz CT molecular complexity index is 1020. The smallest absolute Gasteiger partial charge is 0.357 e. The van der Waals surface area contributed by atoms with Crippen LogP contribution in [0.5, 0.6) is 0 Å². The Hall–Kier alpha value is -3.06. The normalized spacial score (nSPS) is 19.7. The third kappa shape index (κ3) is 3.42. The maximum atomic E-state index is 13.0. The SMILES string of the molecule is CNCC=Cc1cnc2c(c1)C1(Cc3cnc(C(=O)OC(C)C)cc3C1)C(=O)N2. The van der Waals surface area contributed by atoms with Crippen molar-refractivity contribution in [2.45, 2.75) is 38.2 Å². The lowest BCUT2D eigenvalue weighted by atomic mass is 9.79. The zero-order valence-corrected chi connectivity index (χ0v) is 16.8. The number of fused-ring (bicyclic) bond motifs is 3. The number of nitrogens with zero attached hydrogens (tertiary/aromatic N) is 2. The van der Waals surface area contributed by atoms with Gasteiger partial charge in [-0.05, 0) is 62.6 Å². The van der Waals surface area contributed by atoms with Crippen molar-refractivity contribution in [2.75, 3.05) is 18.9 Å². The predicted molar refractivity (Wildman–Crippen MR) is 110 cm³/mol. The van der Waals surface area contributed by atoms with Gasteiger partial charge in [0.2, 0.25) is 5.91 Å². The number of hydrogen-bond donors (Lipinski definition) is 2. The average molecular weight is 392 g/mol. The van der Waals surface area contributed by atoms with Gasteiger partial charge in [0.1, 0.15) is 11.5 Å². The number of amides is 1. The van der Waals surface area contributed by atoms with Gasteiger partial charge in [-0.15, -0.1) is 0 Å². The number of esters is 1. The maximum absolute atomic E-state index is 13.0. The van der Waals surface area contributed by atoms with Gasteiger partial charge in [0.15, 0.2) is 0 Å². The standard InChI is InChI=1S/C22H24N4O3/c1-13(2)29-20(27)18-8-15-9-22(10-16(15)12-24-18)17-7-14(5-4-6-23-3)11-25-19(17)26-21(22)28/h4-5,7-8,11-13,23H,6,9-10H2,1-3H3,(H,25,26,28). The van der Waals surface area contributed by atoms with Crippen LogP contribution in [0, 0.1) is 0 Å². The minimum Gasteiger partial charge on any atom is -0.458 e. The minimum absolute atomic E-state index is 0.0566. The van der Waals surface area contributed by atoms with Gasteiger partial charge in [-0.3, -0.25) is 4.79 Å². The summed E-state index contributed by atoms with van der Waals surface area (Å²) in [6.07, 6.45) is 8.29. The molecular formula is C22H24N4O3. The zero-order valence-electron chi connectivity index (χ0n) is 16.8. The molecule has 1 spiro atoms. The van der Waals surface area contributed by atoms with E-state index in [0.717, 1.165) is 28.8 Å².